The van der Waals surface area contributed by atoms with Crippen molar-refractivity contribution in [1.82, 2.24) is 0 Å². The van der Waals surface area contributed by atoms with E-state index in [-0.39, 0.29) is 5.70 Å². The van der Waals surface area contributed by atoms with Crippen LogP contribution in [0.5, 0.6) is 0 Å². The van der Waals surface area contributed by atoms with Crippen LogP contribution in [0.4, 0.5) is 0 Å². The second kappa shape index (κ2) is 5.06. The summed E-state index contributed by atoms with van der Waals surface area (Å²) in [6.07, 6.45) is 1.91. The molecule has 0 radical (unpaired) electrons. The first kappa shape index (κ1) is 11.9. The molecule has 0 amide bonds. The molecule has 0 aromatic rings. The highest BCUT2D eigenvalue weighted by Gasteiger charge is 2.29. The van der Waals surface area contributed by atoms with Crippen molar-refractivity contribution in [3.05, 3.63) is 10.2 Å². The molecule has 0 saturated heterocycles. The van der Waals surface area contributed by atoms with Gasteiger partial charge >= 0.3 is 11.9 Å². The number of halogens is 1. The minimum Gasteiger partial charge on any atom is -0.469 e. The third kappa shape index (κ3) is 2.44. The van der Waals surface area contributed by atoms with Crippen LogP contribution in [-0.4, -0.2) is 32.4 Å². The van der Waals surface area contributed by atoms with Gasteiger partial charge in [0.1, 0.15) is 0 Å². The van der Waals surface area contributed by atoms with Crippen LogP contribution in [0, 0.1) is 5.92 Å². The molecule has 0 aliphatic carbocycles. The highest BCUT2D eigenvalue weighted by atomic mass is 79.9. The van der Waals surface area contributed by atoms with Crippen molar-refractivity contribution in [2.75, 3.05) is 14.2 Å². The molecule has 1 atom stereocenters. The van der Waals surface area contributed by atoms with E-state index < -0.39 is 17.9 Å². The zero-order valence-electron chi connectivity index (χ0n) is 8.32. The summed E-state index contributed by atoms with van der Waals surface area (Å²) in [5.74, 6) is -1.50. The molecular formula is C9H10BrNO4. The predicted molar refractivity (Wildman–Crippen MR) is 56.6 cm³/mol. The van der Waals surface area contributed by atoms with Crippen LogP contribution in [0.1, 0.15) is 6.42 Å². The fraction of sp³-hybridized carbons (Fsp3) is 0.444. The van der Waals surface area contributed by atoms with Crippen molar-refractivity contribution in [3.63, 3.8) is 0 Å². The Labute approximate surface area is 95.3 Å². The minimum atomic E-state index is -0.577. The maximum absolute atomic E-state index is 11.3. The number of esters is 2. The molecule has 1 heterocycles. The Bertz CT molecular complexity index is 348. The lowest BCUT2D eigenvalue weighted by molar-refractivity contribution is -0.143. The van der Waals surface area contributed by atoms with Gasteiger partial charge in [-0.25, -0.2) is 4.79 Å². The summed E-state index contributed by atoms with van der Waals surface area (Å²) < 4.78 is 9.54. The number of aliphatic imine (C=N–C) groups is 1. The number of carbonyl (C=O) groups is 2. The predicted octanol–water partition coefficient (Wildman–Crippen LogP) is 1.03. The molecule has 0 fully saturated rings. The van der Waals surface area contributed by atoms with Gasteiger partial charge in [0.2, 0.25) is 0 Å². The van der Waals surface area contributed by atoms with E-state index in [0.717, 1.165) is 0 Å². The molecular weight excluding hydrogens is 266 g/mol. The molecule has 0 aromatic carbocycles. The van der Waals surface area contributed by atoms with Gasteiger partial charge in [0.25, 0.3) is 0 Å². The highest BCUT2D eigenvalue weighted by Crippen LogP contribution is 2.29. The summed E-state index contributed by atoms with van der Waals surface area (Å²) in [6.45, 7) is 0. The van der Waals surface area contributed by atoms with Crippen molar-refractivity contribution in [3.8, 4) is 0 Å². The standard InChI is InChI=1S/C9H10BrNO4/c1-14-8(12)5-3-4-11-7(6(5)10)9(13)15-2/h4-5H,3H2,1-2H3. The number of nitrogens with zero attached hydrogens (tertiary/aromatic N) is 1. The van der Waals surface area contributed by atoms with Gasteiger partial charge in [0.15, 0.2) is 5.70 Å². The van der Waals surface area contributed by atoms with Crippen LogP contribution in [-0.2, 0) is 19.1 Å². The quantitative estimate of drug-likeness (QED) is 0.706. The van der Waals surface area contributed by atoms with E-state index in [2.05, 4.69) is 30.4 Å². The molecule has 0 bridgehead atoms. The normalized spacial score (nSPS) is 20.1. The Balaban J connectivity index is 2.99. The van der Waals surface area contributed by atoms with Crippen LogP contribution in [0.2, 0.25) is 0 Å². The molecule has 6 heteroatoms. The van der Waals surface area contributed by atoms with Gasteiger partial charge in [-0.1, -0.05) is 15.9 Å². The number of methoxy groups -OCH3 is 2. The van der Waals surface area contributed by atoms with E-state index in [9.17, 15) is 9.59 Å². The van der Waals surface area contributed by atoms with Crippen LogP contribution < -0.4 is 0 Å². The average Bonchev–Trinajstić information content (AvgIpc) is 2.27. The van der Waals surface area contributed by atoms with E-state index in [0.29, 0.717) is 10.9 Å². The van der Waals surface area contributed by atoms with Gasteiger partial charge < -0.3 is 9.47 Å². The minimum absolute atomic E-state index is 0.110. The molecule has 1 aliphatic rings. The first-order valence-corrected chi connectivity index (χ1v) is 4.99. The fourth-order valence-corrected chi connectivity index (χ4v) is 1.81. The molecule has 1 rings (SSSR count). The second-order valence-electron chi connectivity index (χ2n) is 2.81. The zero-order chi connectivity index (χ0) is 11.4. The van der Waals surface area contributed by atoms with Crippen LogP contribution >= 0.6 is 15.9 Å². The van der Waals surface area contributed by atoms with E-state index >= 15 is 0 Å². The van der Waals surface area contributed by atoms with Gasteiger partial charge in [-0.05, 0) is 0 Å². The van der Waals surface area contributed by atoms with Crippen LogP contribution in [0.3, 0.4) is 0 Å². The third-order valence-corrected chi connectivity index (χ3v) is 2.89. The number of rotatable bonds is 2. The van der Waals surface area contributed by atoms with Gasteiger partial charge in [0.05, 0.1) is 20.1 Å². The van der Waals surface area contributed by atoms with Crippen molar-refractivity contribution in [1.29, 1.82) is 0 Å². The maximum Gasteiger partial charge on any atom is 0.357 e. The lowest BCUT2D eigenvalue weighted by Crippen LogP contribution is -2.22. The summed E-state index contributed by atoms with van der Waals surface area (Å²) in [5, 5.41) is 0. The van der Waals surface area contributed by atoms with E-state index in [1.807, 2.05) is 0 Å². The zero-order valence-corrected chi connectivity index (χ0v) is 9.91. The maximum atomic E-state index is 11.3. The fourth-order valence-electron chi connectivity index (χ4n) is 1.17. The lowest BCUT2D eigenvalue weighted by atomic mass is 10.0. The number of hydrogen-bond acceptors (Lipinski definition) is 5. The molecule has 82 valence electrons. The van der Waals surface area contributed by atoms with E-state index in [4.69, 9.17) is 0 Å². The van der Waals surface area contributed by atoms with Gasteiger partial charge in [-0.2, -0.15) is 0 Å². The first-order chi connectivity index (χ1) is 7.11. The van der Waals surface area contributed by atoms with Crippen LogP contribution in [0.15, 0.2) is 15.2 Å². The number of hydrogen-bond donors (Lipinski definition) is 0. The van der Waals surface area contributed by atoms with Crippen LogP contribution in [0.25, 0.3) is 0 Å². The first-order valence-electron chi connectivity index (χ1n) is 4.20. The Morgan fingerprint density at radius 1 is 1.47 bits per heavy atom. The van der Waals surface area contributed by atoms with Crippen molar-refractivity contribution in [2.24, 2.45) is 10.9 Å². The summed E-state index contributed by atoms with van der Waals surface area (Å²) in [7, 11) is 2.55. The summed E-state index contributed by atoms with van der Waals surface area (Å²) in [4.78, 5) is 26.5. The Kier molecular flexibility index (Phi) is 4.02. The second-order valence-corrected chi connectivity index (χ2v) is 3.67. The number of ether oxygens (including phenoxy) is 2. The van der Waals surface area contributed by atoms with Gasteiger partial charge in [-0.15, -0.1) is 0 Å². The number of carbonyl (C=O) groups excluding carboxylic acids is 2. The lowest BCUT2D eigenvalue weighted by Gasteiger charge is -2.16. The van der Waals surface area contributed by atoms with Crippen molar-refractivity contribution >= 4 is 34.1 Å². The molecule has 0 spiro atoms. The average molecular weight is 276 g/mol. The summed E-state index contributed by atoms with van der Waals surface area (Å²) in [6, 6.07) is 0. The third-order valence-electron chi connectivity index (χ3n) is 1.96. The highest BCUT2D eigenvalue weighted by molar-refractivity contribution is 9.11. The Morgan fingerprint density at radius 2 is 2.13 bits per heavy atom. The SMILES string of the molecule is COC(=O)C1=C(Br)C(C(=O)OC)CC=N1. The molecule has 1 aliphatic heterocycles. The van der Waals surface area contributed by atoms with E-state index in [1.165, 1.54) is 20.4 Å². The molecule has 0 aromatic heterocycles. The van der Waals surface area contributed by atoms with Gasteiger partial charge in [-0.3, -0.25) is 9.79 Å². The Hall–Kier alpha value is -1.17. The molecule has 1 unspecified atom stereocenters. The van der Waals surface area contributed by atoms with Crippen molar-refractivity contribution in [2.45, 2.75) is 6.42 Å². The molecule has 0 saturated carbocycles. The van der Waals surface area contributed by atoms with Crippen molar-refractivity contribution < 1.29 is 19.1 Å². The monoisotopic (exact) mass is 275 g/mol. The molecule has 0 N–H and O–H groups in total. The summed E-state index contributed by atoms with van der Waals surface area (Å²) >= 11 is 3.17. The largest absolute Gasteiger partial charge is 0.469 e. The Morgan fingerprint density at radius 3 is 2.67 bits per heavy atom. The van der Waals surface area contributed by atoms with E-state index in [1.54, 1.807) is 0 Å². The topological polar surface area (TPSA) is 65.0 Å². The molecule has 15 heavy (non-hydrogen) atoms. The van der Waals surface area contributed by atoms with Gasteiger partial charge in [0, 0.05) is 17.1 Å². The molecule has 5 nitrogen and oxygen atoms in total. The smallest absolute Gasteiger partial charge is 0.357 e. The summed E-state index contributed by atoms with van der Waals surface area (Å²) in [5.41, 5.74) is 0.110.